The standard InChI is InChI=1S/C12H17N3O3/c1-15(2)10-5-4-9(8-14-10)12(17)13-7-6-11(16)18-3/h4-5,8H,6-7H2,1-3H3,(H,13,17). The van der Waals surface area contributed by atoms with Gasteiger partial charge in [0.05, 0.1) is 19.1 Å². The van der Waals surface area contributed by atoms with Crippen molar-refractivity contribution in [2.45, 2.75) is 6.42 Å². The molecule has 0 aliphatic heterocycles. The van der Waals surface area contributed by atoms with Crippen molar-refractivity contribution in [1.29, 1.82) is 0 Å². The molecule has 0 aromatic carbocycles. The van der Waals surface area contributed by atoms with E-state index in [0.717, 1.165) is 5.82 Å². The van der Waals surface area contributed by atoms with Gasteiger partial charge in [0, 0.05) is 26.8 Å². The summed E-state index contributed by atoms with van der Waals surface area (Å²) < 4.78 is 4.47. The van der Waals surface area contributed by atoms with Gasteiger partial charge in [-0.15, -0.1) is 0 Å². The van der Waals surface area contributed by atoms with E-state index in [0.29, 0.717) is 5.56 Å². The predicted octanol–water partition coefficient (Wildman–Crippen LogP) is 0.440. The highest BCUT2D eigenvalue weighted by Crippen LogP contribution is 2.07. The number of nitrogens with zero attached hydrogens (tertiary/aromatic N) is 2. The fraction of sp³-hybridized carbons (Fsp3) is 0.417. The number of rotatable bonds is 5. The van der Waals surface area contributed by atoms with Crippen molar-refractivity contribution in [1.82, 2.24) is 10.3 Å². The highest BCUT2D eigenvalue weighted by Gasteiger charge is 2.07. The molecule has 0 fully saturated rings. The summed E-state index contributed by atoms with van der Waals surface area (Å²) in [7, 11) is 5.06. The molecule has 1 rings (SSSR count). The van der Waals surface area contributed by atoms with Gasteiger partial charge in [0.1, 0.15) is 5.82 Å². The molecule has 1 N–H and O–H groups in total. The highest BCUT2D eigenvalue weighted by atomic mass is 16.5. The van der Waals surface area contributed by atoms with E-state index in [-0.39, 0.29) is 24.8 Å². The number of anilines is 1. The minimum absolute atomic E-state index is 0.158. The van der Waals surface area contributed by atoms with Gasteiger partial charge in [-0.25, -0.2) is 4.98 Å². The van der Waals surface area contributed by atoms with Crippen molar-refractivity contribution in [3.63, 3.8) is 0 Å². The summed E-state index contributed by atoms with van der Waals surface area (Å²) in [6.45, 7) is 0.251. The van der Waals surface area contributed by atoms with E-state index in [4.69, 9.17) is 0 Å². The van der Waals surface area contributed by atoms with Gasteiger partial charge in [-0.2, -0.15) is 0 Å². The molecule has 0 saturated carbocycles. The van der Waals surface area contributed by atoms with Crippen LogP contribution in [0.1, 0.15) is 16.8 Å². The number of carbonyl (C=O) groups is 2. The van der Waals surface area contributed by atoms with E-state index in [9.17, 15) is 9.59 Å². The number of aromatic nitrogens is 1. The van der Waals surface area contributed by atoms with Crippen LogP contribution >= 0.6 is 0 Å². The summed E-state index contributed by atoms with van der Waals surface area (Å²) in [5.74, 6) is 0.175. The van der Waals surface area contributed by atoms with Gasteiger partial charge in [-0.1, -0.05) is 0 Å². The van der Waals surface area contributed by atoms with Crippen LogP contribution in [-0.2, 0) is 9.53 Å². The van der Waals surface area contributed by atoms with Crippen molar-refractivity contribution in [2.24, 2.45) is 0 Å². The lowest BCUT2D eigenvalue weighted by Gasteiger charge is -2.11. The largest absolute Gasteiger partial charge is 0.469 e. The van der Waals surface area contributed by atoms with Crippen molar-refractivity contribution in [2.75, 3.05) is 32.6 Å². The van der Waals surface area contributed by atoms with E-state index in [1.54, 1.807) is 12.1 Å². The molecule has 0 atom stereocenters. The van der Waals surface area contributed by atoms with Gasteiger partial charge in [0.25, 0.3) is 5.91 Å². The number of pyridine rings is 1. The van der Waals surface area contributed by atoms with Crippen LogP contribution < -0.4 is 10.2 Å². The molecular formula is C12H17N3O3. The minimum atomic E-state index is -0.351. The summed E-state index contributed by atoms with van der Waals surface area (Å²) in [5, 5.41) is 2.62. The highest BCUT2D eigenvalue weighted by molar-refractivity contribution is 5.94. The molecular weight excluding hydrogens is 234 g/mol. The van der Waals surface area contributed by atoms with Crippen molar-refractivity contribution in [3.8, 4) is 0 Å². The molecule has 1 aromatic heterocycles. The summed E-state index contributed by atoms with van der Waals surface area (Å²) in [6, 6.07) is 3.45. The number of hydrogen-bond acceptors (Lipinski definition) is 5. The van der Waals surface area contributed by atoms with Gasteiger partial charge in [-0.05, 0) is 12.1 Å². The van der Waals surface area contributed by atoms with Gasteiger partial charge in [-0.3, -0.25) is 9.59 Å². The fourth-order valence-electron chi connectivity index (χ4n) is 1.27. The minimum Gasteiger partial charge on any atom is -0.469 e. The number of nitrogens with one attached hydrogen (secondary N) is 1. The lowest BCUT2D eigenvalue weighted by atomic mass is 10.2. The second-order valence-corrected chi connectivity index (χ2v) is 3.88. The number of ether oxygens (including phenoxy) is 1. The monoisotopic (exact) mass is 251 g/mol. The first-order chi connectivity index (χ1) is 8.54. The number of hydrogen-bond donors (Lipinski definition) is 1. The number of methoxy groups -OCH3 is 1. The third-order valence-electron chi connectivity index (χ3n) is 2.31. The molecule has 0 bridgehead atoms. The topological polar surface area (TPSA) is 71.5 Å². The number of carbonyl (C=O) groups excluding carboxylic acids is 2. The second-order valence-electron chi connectivity index (χ2n) is 3.88. The van der Waals surface area contributed by atoms with Gasteiger partial charge in [0.2, 0.25) is 0 Å². The Labute approximate surface area is 106 Å². The molecule has 0 spiro atoms. The maximum absolute atomic E-state index is 11.7. The van der Waals surface area contributed by atoms with Crippen LogP contribution in [0.25, 0.3) is 0 Å². The molecule has 0 aliphatic rings. The Bertz CT molecular complexity index is 415. The zero-order chi connectivity index (χ0) is 13.5. The van der Waals surface area contributed by atoms with E-state index >= 15 is 0 Å². The number of amides is 1. The maximum Gasteiger partial charge on any atom is 0.307 e. The van der Waals surface area contributed by atoms with Gasteiger partial charge >= 0.3 is 5.97 Å². The molecule has 0 aliphatic carbocycles. The van der Waals surface area contributed by atoms with Crippen molar-refractivity contribution >= 4 is 17.7 Å². The molecule has 98 valence electrons. The Hall–Kier alpha value is -2.11. The molecule has 6 heteroatoms. The Balaban J connectivity index is 2.49. The van der Waals surface area contributed by atoms with E-state index in [2.05, 4.69) is 15.0 Å². The summed E-state index contributed by atoms with van der Waals surface area (Å²) >= 11 is 0. The van der Waals surface area contributed by atoms with Crippen LogP contribution in [0.4, 0.5) is 5.82 Å². The Morgan fingerprint density at radius 3 is 2.61 bits per heavy atom. The van der Waals surface area contributed by atoms with E-state index < -0.39 is 0 Å². The summed E-state index contributed by atoms with van der Waals surface area (Å²) in [6.07, 6.45) is 1.66. The van der Waals surface area contributed by atoms with Crippen molar-refractivity contribution in [3.05, 3.63) is 23.9 Å². The van der Waals surface area contributed by atoms with Crippen LogP contribution in [0, 0.1) is 0 Å². The zero-order valence-electron chi connectivity index (χ0n) is 10.8. The average Bonchev–Trinajstić information content (AvgIpc) is 2.38. The number of esters is 1. The first kappa shape index (κ1) is 14.0. The van der Waals surface area contributed by atoms with Crippen LogP contribution in [-0.4, -0.2) is 44.6 Å². The summed E-state index contributed by atoms with van der Waals surface area (Å²) in [5.41, 5.74) is 0.463. The molecule has 0 saturated heterocycles. The van der Waals surface area contributed by atoms with Gasteiger partial charge in [0.15, 0.2) is 0 Å². The molecule has 1 amide bonds. The van der Waals surface area contributed by atoms with Crippen molar-refractivity contribution < 1.29 is 14.3 Å². The van der Waals surface area contributed by atoms with E-state index in [1.807, 2.05) is 19.0 Å². The molecule has 1 aromatic rings. The van der Waals surface area contributed by atoms with E-state index in [1.165, 1.54) is 13.3 Å². The van der Waals surface area contributed by atoms with Crippen LogP contribution in [0.5, 0.6) is 0 Å². The van der Waals surface area contributed by atoms with Crippen LogP contribution in [0.15, 0.2) is 18.3 Å². The molecule has 1 heterocycles. The van der Waals surface area contributed by atoms with Crippen LogP contribution in [0.3, 0.4) is 0 Å². The third-order valence-corrected chi connectivity index (χ3v) is 2.31. The first-order valence-corrected chi connectivity index (χ1v) is 5.53. The second kappa shape index (κ2) is 6.58. The smallest absolute Gasteiger partial charge is 0.307 e. The zero-order valence-corrected chi connectivity index (χ0v) is 10.8. The summed E-state index contributed by atoms with van der Waals surface area (Å²) in [4.78, 5) is 28.5. The fourth-order valence-corrected chi connectivity index (χ4v) is 1.27. The Morgan fingerprint density at radius 1 is 1.39 bits per heavy atom. The van der Waals surface area contributed by atoms with Gasteiger partial charge < -0.3 is 15.0 Å². The third kappa shape index (κ3) is 4.04. The molecule has 0 radical (unpaired) electrons. The molecule has 6 nitrogen and oxygen atoms in total. The average molecular weight is 251 g/mol. The quantitative estimate of drug-likeness (QED) is 0.769. The SMILES string of the molecule is COC(=O)CCNC(=O)c1ccc(N(C)C)nc1. The Kier molecular flexibility index (Phi) is 5.10. The normalized spacial score (nSPS) is 9.72. The molecule has 0 unspecified atom stereocenters. The maximum atomic E-state index is 11.7. The first-order valence-electron chi connectivity index (χ1n) is 5.53. The molecule has 18 heavy (non-hydrogen) atoms. The lowest BCUT2D eigenvalue weighted by Crippen LogP contribution is -2.26. The van der Waals surface area contributed by atoms with Crippen LogP contribution in [0.2, 0.25) is 0 Å². The Morgan fingerprint density at radius 2 is 2.11 bits per heavy atom. The predicted molar refractivity (Wildman–Crippen MR) is 67.5 cm³/mol. The lowest BCUT2D eigenvalue weighted by molar-refractivity contribution is -0.140.